The molecule has 1 amide bonds. The lowest BCUT2D eigenvalue weighted by Gasteiger charge is -2.21. The van der Waals surface area contributed by atoms with Crippen LogP contribution in [-0.4, -0.2) is 36.3 Å². The largest absolute Gasteiger partial charge is 0.462 e. The fraction of sp³-hybridized carbons (Fsp3) is 0.321. The van der Waals surface area contributed by atoms with E-state index in [1.165, 1.54) is 43.4 Å². The molecule has 1 aliphatic carbocycles. The van der Waals surface area contributed by atoms with Crippen molar-refractivity contribution >= 4 is 51.8 Å². The van der Waals surface area contributed by atoms with Crippen LogP contribution in [-0.2, 0) is 14.3 Å². The maximum absolute atomic E-state index is 12.6. The summed E-state index contributed by atoms with van der Waals surface area (Å²) in [4.78, 5) is 38.5. The number of anilines is 2. The molecule has 1 heterocycles. The highest BCUT2D eigenvalue weighted by molar-refractivity contribution is 8.01. The van der Waals surface area contributed by atoms with E-state index in [1.807, 2.05) is 36.4 Å². The fourth-order valence-electron chi connectivity index (χ4n) is 4.01. The van der Waals surface area contributed by atoms with Crippen LogP contribution in [0.25, 0.3) is 10.4 Å². The lowest BCUT2D eigenvalue weighted by atomic mass is 10.0. The van der Waals surface area contributed by atoms with Gasteiger partial charge in [-0.1, -0.05) is 55.7 Å². The predicted molar refractivity (Wildman–Crippen MR) is 149 cm³/mol. The quantitative estimate of drug-likeness (QED) is 0.217. The molecule has 0 radical (unpaired) electrons. The van der Waals surface area contributed by atoms with Crippen molar-refractivity contribution in [2.24, 2.45) is 0 Å². The van der Waals surface area contributed by atoms with Gasteiger partial charge in [0, 0.05) is 15.8 Å². The summed E-state index contributed by atoms with van der Waals surface area (Å²) in [5.41, 5.74) is 2.36. The molecule has 0 spiro atoms. The van der Waals surface area contributed by atoms with Crippen LogP contribution < -0.4 is 10.0 Å². The van der Waals surface area contributed by atoms with Gasteiger partial charge in [0.25, 0.3) is 5.91 Å². The van der Waals surface area contributed by atoms with Gasteiger partial charge in [0.2, 0.25) is 0 Å². The number of thiophene rings is 1. The van der Waals surface area contributed by atoms with Crippen molar-refractivity contribution in [3.63, 3.8) is 0 Å². The maximum Gasteiger partial charge on any atom is 0.341 e. The van der Waals surface area contributed by atoms with E-state index in [4.69, 9.17) is 9.47 Å². The van der Waals surface area contributed by atoms with Gasteiger partial charge in [-0.05, 0) is 61.5 Å². The van der Waals surface area contributed by atoms with Crippen molar-refractivity contribution in [2.45, 2.75) is 44.3 Å². The maximum atomic E-state index is 12.6. The Hall–Kier alpha value is -3.30. The molecule has 9 heteroatoms. The van der Waals surface area contributed by atoms with E-state index < -0.39 is 24.5 Å². The Balaban J connectivity index is 1.35. The van der Waals surface area contributed by atoms with Crippen molar-refractivity contribution in [1.29, 1.82) is 0 Å². The lowest BCUT2D eigenvalue weighted by molar-refractivity contribution is -0.119. The van der Waals surface area contributed by atoms with E-state index in [1.54, 1.807) is 43.1 Å². The van der Waals surface area contributed by atoms with Crippen molar-refractivity contribution in [2.75, 3.05) is 23.3 Å². The lowest BCUT2D eigenvalue weighted by Crippen LogP contribution is -2.21. The average Bonchev–Trinajstić information content (AvgIpc) is 3.36. The normalized spacial score (nSPS) is 13.5. The van der Waals surface area contributed by atoms with Crippen LogP contribution in [0.3, 0.4) is 0 Å². The first-order valence-corrected chi connectivity index (χ1v) is 14.1. The first kappa shape index (κ1) is 26.8. The number of hydrogen-bond donors (Lipinski definition) is 2. The number of nitrogens with one attached hydrogen (secondary N) is 2. The molecular weight excluding hydrogens is 508 g/mol. The number of esters is 2. The van der Waals surface area contributed by atoms with Crippen LogP contribution in [0.5, 0.6) is 0 Å². The zero-order chi connectivity index (χ0) is 26.0. The zero-order valence-electron chi connectivity index (χ0n) is 20.7. The van der Waals surface area contributed by atoms with E-state index in [2.05, 4.69) is 10.0 Å². The second kappa shape index (κ2) is 13.3. The Bertz CT molecular complexity index is 1220. The zero-order valence-corrected chi connectivity index (χ0v) is 22.3. The molecule has 0 aliphatic heterocycles. The number of amides is 1. The van der Waals surface area contributed by atoms with Gasteiger partial charge in [0.15, 0.2) is 6.61 Å². The second-order valence-electron chi connectivity index (χ2n) is 8.62. The molecule has 194 valence electrons. The van der Waals surface area contributed by atoms with Gasteiger partial charge < -0.3 is 19.5 Å². The first-order chi connectivity index (χ1) is 18.0. The van der Waals surface area contributed by atoms with Crippen molar-refractivity contribution in [3.05, 3.63) is 71.8 Å². The van der Waals surface area contributed by atoms with Gasteiger partial charge in [0.1, 0.15) is 5.00 Å². The molecule has 37 heavy (non-hydrogen) atoms. The standard InChI is InChI=1S/C28H30N2O5S2/c1-2-34-28(33)23-17-24(19-10-5-3-6-11-19)36-26(23)29-25(31)18-35-27(32)20-12-9-13-21(16-20)30-37-22-14-7-4-8-15-22/h3,5-6,9-13,16-17,22,30H,2,4,7-8,14-15,18H2,1H3,(H,29,31). The highest BCUT2D eigenvalue weighted by Crippen LogP contribution is 2.36. The molecule has 1 fully saturated rings. The number of hydrogen-bond acceptors (Lipinski definition) is 8. The minimum Gasteiger partial charge on any atom is -0.462 e. The summed E-state index contributed by atoms with van der Waals surface area (Å²) in [7, 11) is 0. The molecule has 2 aromatic carbocycles. The van der Waals surface area contributed by atoms with Gasteiger partial charge in [-0.2, -0.15) is 0 Å². The summed E-state index contributed by atoms with van der Waals surface area (Å²) in [6, 6.07) is 18.3. The molecule has 0 atom stereocenters. The van der Waals surface area contributed by atoms with Gasteiger partial charge in [-0.25, -0.2) is 9.59 Å². The predicted octanol–water partition coefficient (Wildman–Crippen LogP) is 6.78. The number of carbonyl (C=O) groups is 3. The Morgan fingerprint density at radius 1 is 0.946 bits per heavy atom. The summed E-state index contributed by atoms with van der Waals surface area (Å²) >= 11 is 2.96. The third kappa shape index (κ3) is 7.60. The molecular formula is C28H30N2O5S2. The molecule has 7 nitrogen and oxygen atoms in total. The van der Waals surface area contributed by atoms with Gasteiger partial charge in [-0.3, -0.25) is 4.79 Å². The monoisotopic (exact) mass is 538 g/mol. The van der Waals surface area contributed by atoms with E-state index in [0.29, 0.717) is 15.8 Å². The molecule has 2 N–H and O–H groups in total. The number of benzene rings is 2. The van der Waals surface area contributed by atoms with Crippen LogP contribution in [0.2, 0.25) is 0 Å². The number of carbonyl (C=O) groups excluding carboxylic acids is 3. The molecule has 1 saturated carbocycles. The SMILES string of the molecule is CCOC(=O)c1cc(-c2ccccc2)sc1NC(=O)COC(=O)c1cccc(NSC2CCCCC2)c1. The number of ether oxygens (including phenoxy) is 2. The van der Waals surface area contributed by atoms with Crippen molar-refractivity contribution in [3.8, 4) is 10.4 Å². The number of rotatable bonds is 10. The molecule has 0 unspecified atom stereocenters. The molecule has 3 aromatic rings. The topological polar surface area (TPSA) is 93.7 Å². The molecule has 0 bridgehead atoms. The van der Waals surface area contributed by atoms with Crippen molar-refractivity contribution < 1.29 is 23.9 Å². The Morgan fingerprint density at radius 2 is 1.73 bits per heavy atom. The van der Waals surface area contributed by atoms with Gasteiger partial charge in [0.05, 0.1) is 17.7 Å². The molecule has 4 rings (SSSR count). The molecule has 1 aromatic heterocycles. The van der Waals surface area contributed by atoms with Crippen LogP contribution in [0.15, 0.2) is 60.7 Å². The average molecular weight is 539 g/mol. The second-order valence-corrected chi connectivity index (χ2v) is 10.8. The first-order valence-electron chi connectivity index (χ1n) is 12.4. The van der Waals surface area contributed by atoms with Crippen LogP contribution in [0.4, 0.5) is 10.7 Å². The minimum atomic E-state index is -0.594. The summed E-state index contributed by atoms with van der Waals surface area (Å²) in [6.07, 6.45) is 6.21. The van der Waals surface area contributed by atoms with Gasteiger partial charge >= 0.3 is 11.9 Å². The highest BCUT2D eigenvalue weighted by Gasteiger charge is 2.21. The fourth-order valence-corrected chi connectivity index (χ4v) is 6.08. The summed E-state index contributed by atoms with van der Waals surface area (Å²) < 4.78 is 13.7. The third-order valence-electron chi connectivity index (χ3n) is 5.87. The Labute approximate surface area is 225 Å². The highest BCUT2D eigenvalue weighted by atomic mass is 32.2. The Morgan fingerprint density at radius 3 is 2.49 bits per heavy atom. The van der Waals surface area contributed by atoms with E-state index >= 15 is 0 Å². The summed E-state index contributed by atoms with van der Waals surface area (Å²) in [6.45, 7) is 1.46. The van der Waals surface area contributed by atoms with E-state index in [0.717, 1.165) is 16.1 Å². The summed E-state index contributed by atoms with van der Waals surface area (Å²) in [5.74, 6) is -1.66. The molecule has 1 aliphatic rings. The van der Waals surface area contributed by atoms with E-state index in [9.17, 15) is 14.4 Å². The minimum absolute atomic E-state index is 0.216. The van der Waals surface area contributed by atoms with Crippen LogP contribution >= 0.6 is 23.3 Å². The summed E-state index contributed by atoms with van der Waals surface area (Å²) in [5, 5.41) is 3.63. The van der Waals surface area contributed by atoms with Crippen LogP contribution in [0.1, 0.15) is 59.7 Å². The molecule has 0 saturated heterocycles. The Kier molecular flexibility index (Phi) is 9.62. The van der Waals surface area contributed by atoms with E-state index in [-0.39, 0.29) is 12.2 Å². The smallest absolute Gasteiger partial charge is 0.341 e. The van der Waals surface area contributed by atoms with Crippen LogP contribution in [0, 0.1) is 0 Å². The third-order valence-corrected chi connectivity index (χ3v) is 8.12. The van der Waals surface area contributed by atoms with Gasteiger partial charge in [-0.15, -0.1) is 11.3 Å². The van der Waals surface area contributed by atoms with Crippen molar-refractivity contribution in [1.82, 2.24) is 0 Å².